The van der Waals surface area contributed by atoms with Crippen LogP contribution in [0.3, 0.4) is 0 Å². The van der Waals surface area contributed by atoms with Crippen LogP contribution in [0.15, 0.2) is 60.2 Å². The molecule has 2 aromatic carbocycles. The Bertz CT molecular complexity index is 1590. The molecule has 3 aliphatic carbocycles. The summed E-state index contributed by atoms with van der Waals surface area (Å²) in [7, 11) is 0. The molecule has 2 bridgehead atoms. The van der Waals surface area contributed by atoms with Crippen molar-refractivity contribution in [3.05, 3.63) is 82.7 Å². The molecule has 2 unspecified atom stereocenters. The number of para-hydroxylation sites is 2. The lowest BCUT2D eigenvalue weighted by molar-refractivity contribution is 0.403. The number of anilines is 2. The first-order valence-corrected chi connectivity index (χ1v) is 16.2. The molecule has 2 atom stereocenters. The molecule has 0 saturated carbocycles. The van der Waals surface area contributed by atoms with Crippen LogP contribution in [0.1, 0.15) is 93.1 Å². The summed E-state index contributed by atoms with van der Waals surface area (Å²) in [5.74, 6) is 1.26. The van der Waals surface area contributed by atoms with E-state index in [1.807, 2.05) is 0 Å². The summed E-state index contributed by atoms with van der Waals surface area (Å²) in [5, 5.41) is 10.3. The van der Waals surface area contributed by atoms with Crippen LogP contribution in [0.4, 0.5) is 11.4 Å². The van der Waals surface area contributed by atoms with Gasteiger partial charge in [0.05, 0.1) is 16.7 Å². The monoisotopic (exact) mass is 544 g/mol. The summed E-state index contributed by atoms with van der Waals surface area (Å²) in [4.78, 5) is 10.2. The number of unbranched alkanes of at least 4 members (excludes halogenated alkanes) is 4. The van der Waals surface area contributed by atoms with Crippen molar-refractivity contribution in [3.63, 3.8) is 0 Å². The van der Waals surface area contributed by atoms with E-state index in [4.69, 9.17) is 9.97 Å². The zero-order valence-electron chi connectivity index (χ0n) is 24.6. The molecule has 4 aromatic rings. The molecule has 0 fully saturated rings. The standard InChI is InChI=1S/C37H44N4/c1-25-21-26-23-27(22-25)35-31(24-26)37(30-15-7-10-18-34(30)41-35)39-20-12-4-2-3-11-19-38-36-28-13-5-8-16-32(28)40-33-17-9-6-14-29(33)36/h5,7-8,10,13,15-16,18,22,26-27H,2-4,6,9,11-12,14,17,19-21,23-24H2,1H3,(H,38,40)(H,39,41). The molecule has 0 amide bonds. The predicted octanol–water partition coefficient (Wildman–Crippen LogP) is 9.13. The molecule has 0 radical (unpaired) electrons. The van der Waals surface area contributed by atoms with Gasteiger partial charge in [-0.3, -0.25) is 9.97 Å². The summed E-state index contributed by atoms with van der Waals surface area (Å²) in [6.07, 6.45) is 17.3. The van der Waals surface area contributed by atoms with E-state index in [0.29, 0.717) is 5.92 Å². The highest BCUT2D eigenvalue weighted by molar-refractivity contribution is 5.94. The molecule has 2 aromatic heterocycles. The number of aromatic nitrogens is 2. The van der Waals surface area contributed by atoms with Gasteiger partial charge in [-0.25, -0.2) is 0 Å². The highest BCUT2D eigenvalue weighted by Gasteiger charge is 2.32. The topological polar surface area (TPSA) is 49.8 Å². The molecule has 0 spiro atoms. The van der Waals surface area contributed by atoms with E-state index >= 15 is 0 Å². The Morgan fingerprint density at radius 1 is 0.707 bits per heavy atom. The Balaban J connectivity index is 0.925. The number of fused-ring (bicyclic) bond motifs is 7. The van der Waals surface area contributed by atoms with E-state index in [2.05, 4.69) is 72.2 Å². The number of nitrogens with zero attached hydrogens (tertiary/aromatic N) is 2. The van der Waals surface area contributed by atoms with Crippen LogP contribution in [0, 0.1) is 5.92 Å². The summed E-state index contributed by atoms with van der Waals surface area (Å²) in [6.45, 7) is 4.39. The molecule has 2 N–H and O–H groups in total. The Kier molecular flexibility index (Phi) is 7.65. The predicted molar refractivity (Wildman–Crippen MR) is 173 cm³/mol. The fourth-order valence-corrected chi connectivity index (χ4v) is 7.78. The third-order valence-electron chi connectivity index (χ3n) is 9.68. The van der Waals surface area contributed by atoms with Crippen LogP contribution in [-0.2, 0) is 19.3 Å². The number of hydrogen-bond acceptors (Lipinski definition) is 4. The van der Waals surface area contributed by atoms with E-state index in [9.17, 15) is 0 Å². The first kappa shape index (κ1) is 26.5. The van der Waals surface area contributed by atoms with Crippen molar-refractivity contribution in [2.24, 2.45) is 5.92 Å². The average Bonchev–Trinajstić information content (AvgIpc) is 2.99. The van der Waals surface area contributed by atoms with Gasteiger partial charge in [0.2, 0.25) is 0 Å². The van der Waals surface area contributed by atoms with Crippen LogP contribution in [-0.4, -0.2) is 23.1 Å². The second kappa shape index (κ2) is 11.8. The third kappa shape index (κ3) is 5.46. The van der Waals surface area contributed by atoms with Gasteiger partial charge in [0.25, 0.3) is 0 Å². The third-order valence-corrected chi connectivity index (χ3v) is 9.68. The van der Waals surface area contributed by atoms with Crippen molar-refractivity contribution < 1.29 is 0 Å². The zero-order valence-corrected chi connectivity index (χ0v) is 24.6. The summed E-state index contributed by atoms with van der Waals surface area (Å²) >= 11 is 0. The minimum absolute atomic E-state index is 0.493. The lowest BCUT2D eigenvalue weighted by Crippen LogP contribution is -2.24. The van der Waals surface area contributed by atoms with Crippen LogP contribution < -0.4 is 10.6 Å². The summed E-state index contributed by atoms with van der Waals surface area (Å²) in [6, 6.07) is 17.4. The molecule has 0 aliphatic heterocycles. The van der Waals surface area contributed by atoms with E-state index < -0.39 is 0 Å². The number of hydrogen-bond donors (Lipinski definition) is 2. The molecule has 4 nitrogen and oxygen atoms in total. The van der Waals surface area contributed by atoms with Gasteiger partial charge in [-0.05, 0) is 93.9 Å². The molecule has 7 rings (SSSR count). The van der Waals surface area contributed by atoms with E-state index in [0.717, 1.165) is 42.9 Å². The number of pyridine rings is 2. The fourth-order valence-electron chi connectivity index (χ4n) is 7.78. The number of rotatable bonds is 10. The average molecular weight is 545 g/mol. The zero-order chi connectivity index (χ0) is 27.6. The van der Waals surface area contributed by atoms with Gasteiger partial charge in [-0.2, -0.15) is 0 Å². The van der Waals surface area contributed by atoms with Gasteiger partial charge in [-0.15, -0.1) is 0 Å². The molecule has 2 heterocycles. The second-order valence-corrected chi connectivity index (χ2v) is 12.8. The SMILES string of the molecule is CC1=CC2CC(C1)Cc1c2nc2ccccc2c1NCCCCCCCNc1c2c(nc3ccccc13)CCCC2. The quantitative estimate of drug-likeness (QED) is 0.154. The maximum absolute atomic E-state index is 5.19. The van der Waals surface area contributed by atoms with Crippen molar-refractivity contribution in [1.82, 2.24) is 9.97 Å². The lowest BCUT2D eigenvalue weighted by Gasteiger charge is -2.35. The smallest absolute Gasteiger partial charge is 0.0726 e. The number of nitrogens with one attached hydrogen (secondary N) is 2. The molecular weight excluding hydrogens is 500 g/mol. The van der Waals surface area contributed by atoms with Crippen molar-refractivity contribution >= 4 is 33.2 Å². The Morgan fingerprint density at radius 3 is 2.10 bits per heavy atom. The van der Waals surface area contributed by atoms with E-state index in [1.54, 1.807) is 5.57 Å². The van der Waals surface area contributed by atoms with Gasteiger partial charge >= 0.3 is 0 Å². The van der Waals surface area contributed by atoms with Crippen molar-refractivity contribution in [2.45, 2.75) is 89.9 Å². The molecule has 41 heavy (non-hydrogen) atoms. The Morgan fingerprint density at radius 2 is 1.34 bits per heavy atom. The maximum atomic E-state index is 5.19. The van der Waals surface area contributed by atoms with Crippen LogP contribution >= 0.6 is 0 Å². The van der Waals surface area contributed by atoms with Crippen LogP contribution in [0.2, 0.25) is 0 Å². The molecule has 3 aliphatic rings. The van der Waals surface area contributed by atoms with Crippen molar-refractivity contribution in [2.75, 3.05) is 23.7 Å². The second-order valence-electron chi connectivity index (χ2n) is 12.8. The van der Waals surface area contributed by atoms with Gasteiger partial charge < -0.3 is 10.6 Å². The van der Waals surface area contributed by atoms with Gasteiger partial charge in [0.1, 0.15) is 0 Å². The largest absolute Gasteiger partial charge is 0.384 e. The highest BCUT2D eigenvalue weighted by atomic mass is 14.9. The normalized spacial score (nSPS) is 19.5. The van der Waals surface area contributed by atoms with Crippen molar-refractivity contribution in [1.29, 1.82) is 0 Å². The minimum atomic E-state index is 0.493. The number of allylic oxidation sites excluding steroid dienone is 2. The van der Waals surface area contributed by atoms with E-state index in [-0.39, 0.29) is 0 Å². The van der Waals surface area contributed by atoms with Crippen LogP contribution in [0.5, 0.6) is 0 Å². The van der Waals surface area contributed by atoms with Crippen LogP contribution in [0.25, 0.3) is 21.8 Å². The number of aryl methyl sites for hydroxylation is 1. The van der Waals surface area contributed by atoms with Gasteiger partial charge in [-0.1, -0.05) is 67.3 Å². The van der Waals surface area contributed by atoms with Crippen molar-refractivity contribution in [3.8, 4) is 0 Å². The van der Waals surface area contributed by atoms with E-state index in [1.165, 1.54) is 109 Å². The Hall–Kier alpha value is -3.40. The molecule has 4 heteroatoms. The number of benzene rings is 2. The summed E-state index contributed by atoms with van der Waals surface area (Å²) in [5.41, 5.74) is 12.2. The summed E-state index contributed by atoms with van der Waals surface area (Å²) < 4.78 is 0. The van der Waals surface area contributed by atoms with Gasteiger partial charge in [0, 0.05) is 46.8 Å². The molecule has 212 valence electrons. The van der Waals surface area contributed by atoms with Gasteiger partial charge in [0.15, 0.2) is 0 Å². The molecule has 0 saturated heterocycles. The Labute approximate surface area is 245 Å². The minimum Gasteiger partial charge on any atom is -0.384 e. The molecular formula is C37H44N4. The fraction of sp³-hybridized carbons (Fsp3) is 0.459. The lowest BCUT2D eigenvalue weighted by atomic mass is 9.72. The first-order chi connectivity index (χ1) is 20.2. The highest BCUT2D eigenvalue weighted by Crippen LogP contribution is 2.46. The maximum Gasteiger partial charge on any atom is 0.0726 e. The first-order valence-electron chi connectivity index (χ1n) is 16.2.